The predicted molar refractivity (Wildman–Crippen MR) is 91.2 cm³/mol. The Balaban J connectivity index is 2.61. The summed E-state index contributed by atoms with van der Waals surface area (Å²) in [6.45, 7) is 6.12. The lowest BCUT2D eigenvalue weighted by Crippen LogP contribution is -2.48. The molecule has 1 aromatic rings. The number of nitrogens with one attached hydrogen (secondary N) is 1. The lowest BCUT2D eigenvalue weighted by molar-refractivity contribution is -0.139. The molecule has 0 fully saturated rings. The van der Waals surface area contributed by atoms with Crippen LogP contribution in [0, 0.1) is 11.6 Å². The number of carbonyl (C=O) groups is 1. The molecule has 2 rings (SSSR count). The number of ether oxygens (including phenoxy) is 1. The third-order valence-corrected chi connectivity index (χ3v) is 4.17. The van der Waals surface area contributed by atoms with E-state index in [0.29, 0.717) is 17.4 Å². The van der Waals surface area contributed by atoms with Crippen LogP contribution in [0.15, 0.2) is 29.5 Å². The average molecular weight is 354 g/mol. The standard InChI is InChI=1S/C17H20F2N2O2S/c1-4-9-21-10(3)13(16(22)23-5-2)15(20-17(21)24)14-11(18)7-6-8-12(14)19/h6-8,15H,4-5,9H2,1-3H3,(H,20,24)/t15-/m0/s1. The zero-order valence-corrected chi connectivity index (χ0v) is 14.7. The number of allylic oxidation sites excluding steroid dienone is 1. The molecular formula is C17H20F2N2O2S. The minimum absolute atomic E-state index is 0.167. The normalized spacial score (nSPS) is 17.8. The number of hydrogen-bond donors (Lipinski definition) is 1. The highest BCUT2D eigenvalue weighted by Gasteiger charge is 2.37. The molecule has 0 saturated carbocycles. The van der Waals surface area contributed by atoms with Crippen LogP contribution in [0.1, 0.15) is 38.8 Å². The first-order chi connectivity index (χ1) is 11.4. The highest BCUT2D eigenvalue weighted by molar-refractivity contribution is 7.80. The Labute approximate surface area is 145 Å². The smallest absolute Gasteiger partial charge is 0.338 e. The van der Waals surface area contributed by atoms with Crippen molar-refractivity contribution in [1.82, 2.24) is 10.2 Å². The van der Waals surface area contributed by atoms with Crippen LogP contribution < -0.4 is 5.32 Å². The van der Waals surface area contributed by atoms with Gasteiger partial charge in [-0.25, -0.2) is 13.6 Å². The van der Waals surface area contributed by atoms with Gasteiger partial charge < -0.3 is 15.0 Å². The van der Waals surface area contributed by atoms with Gasteiger partial charge in [-0.05, 0) is 44.6 Å². The van der Waals surface area contributed by atoms with Gasteiger partial charge in [0.05, 0.1) is 23.8 Å². The molecular weight excluding hydrogens is 334 g/mol. The zero-order valence-electron chi connectivity index (χ0n) is 13.9. The van der Waals surface area contributed by atoms with E-state index in [4.69, 9.17) is 17.0 Å². The van der Waals surface area contributed by atoms with E-state index in [0.717, 1.165) is 18.6 Å². The van der Waals surface area contributed by atoms with Crippen molar-refractivity contribution in [2.24, 2.45) is 0 Å². The Morgan fingerprint density at radius 3 is 2.50 bits per heavy atom. The van der Waals surface area contributed by atoms with Gasteiger partial charge in [0.1, 0.15) is 11.6 Å². The first-order valence-electron chi connectivity index (χ1n) is 7.82. The molecule has 130 valence electrons. The van der Waals surface area contributed by atoms with Crippen molar-refractivity contribution < 1.29 is 18.3 Å². The van der Waals surface area contributed by atoms with Crippen molar-refractivity contribution in [2.45, 2.75) is 33.2 Å². The summed E-state index contributed by atoms with van der Waals surface area (Å²) in [6, 6.07) is 2.56. The number of nitrogens with zero attached hydrogens (tertiary/aromatic N) is 1. The Hall–Kier alpha value is -2.02. The molecule has 7 heteroatoms. The minimum atomic E-state index is -1.02. The van der Waals surface area contributed by atoms with Crippen LogP contribution in [0.25, 0.3) is 0 Å². The molecule has 0 unspecified atom stereocenters. The van der Waals surface area contributed by atoms with E-state index in [1.54, 1.807) is 18.7 Å². The van der Waals surface area contributed by atoms with Gasteiger partial charge in [0.15, 0.2) is 5.11 Å². The number of halogens is 2. The van der Waals surface area contributed by atoms with Gasteiger partial charge in [0.25, 0.3) is 0 Å². The van der Waals surface area contributed by atoms with Crippen LogP contribution in [0.5, 0.6) is 0 Å². The maximum absolute atomic E-state index is 14.2. The van der Waals surface area contributed by atoms with E-state index >= 15 is 0 Å². The largest absolute Gasteiger partial charge is 0.463 e. The fourth-order valence-corrected chi connectivity index (χ4v) is 3.10. The maximum atomic E-state index is 14.2. The Morgan fingerprint density at radius 2 is 1.96 bits per heavy atom. The van der Waals surface area contributed by atoms with Gasteiger partial charge in [-0.15, -0.1) is 0 Å². The number of esters is 1. The zero-order chi connectivity index (χ0) is 17.9. The average Bonchev–Trinajstić information content (AvgIpc) is 2.51. The molecule has 0 bridgehead atoms. The Morgan fingerprint density at radius 1 is 1.33 bits per heavy atom. The van der Waals surface area contributed by atoms with Crippen LogP contribution in [-0.4, -0.2) is 29.1 Å². The number of hydrogen-bond acceptors (Lipinski definition) is 3. The lowest BCUT2D eigenvalue weighted by atomic mass is 9.94. The van der Waals surface area contributed by atoms with E-state index in [-0.39, 0.29) is 17.7 Å². The van der Waals surface area contributed by atoms with Crippen molar-refractivity contribution in [1.29, 1.82) is 0 Å². The molecule has 1 aliphatic rings. The molecule has 0 saturated heterocycles. The summed E-state index contributed by atoms with van der Waals surface area (Å²) in [4.78, 5) is 14.2. The van der Waals surface area contributed by atoms with Crippen molar-refractivity contribution in [3.8, 4) is 0 Å². The molecule has 1 aromatic carbocycles. The lowest BCUT2D eigenvalue weighted by Gasteiger charge is -2.37. The fraction of sp³-hybridized carbons (Fsp3) is 0.412. The molecule has 1 heterocycles. The third-order valence-electron chi connectivity index (χ3n) is 3.83. The fourth-order valence-electron chi connectivity index (χ4n) is 2.75. The topological polar surface area (TPSA) is 41.6 Å². The molecule has 1 atom stereocenters. The molecule has 0 aromatic heterocycles. The SMILES string of the molecule is CCCN1C(=S)N[C@H](c2c(F)cccc2F)C(C(=O)OCC)=C1C. The molecule has 0 spiro atoms. The van der Waals surface area contributed by atoms with Crippen LogP contribution in [0.3, 0.4) is 0 Å². The van der Waals surface area contributed by atoms with Crippen molar-refractivity contribution in [2.75, 3.05) is 13.2 Å². The van der Waals surface area contributed by atoms with Gasteiger partial charge in [-0.3, -0.25) is 0 Å². The summed E-state index contributed by atoms with van der Waals surface area (Å²) >= 11 is 5.32. The van der Waals surface area contributed by atoms with E-state index in [9.17, 15) is 13.6 Å². The van der Waals surface area contributed by atoms with Gasteiger partial charge in [-0.1, -0.05) is 13.0 Å². The predicted octanol–water partition coefficient (Wildman–Crippen LogP) is 3.44. The first-order valence-corrected chi connectivity index (χ1v) is 8.22. The monoisotopic (exact) mass is 354 g/mol. The van der Waals surface area contributed by atoms with Crippen LogP contribution in [0.2, 0.25) is 0 Å². The van der Waals surface area contributed by atoms with Gasteiger partial charge >= 0.3 is 5.97 Å². The van der Waals surface area contributed by atoms with Gasteiger partial charge in [0, 0.05) is 12.2 Å². The second-order valence-electron chi connectivity index (χ2n) is 5.39. The molecule has 24 heavy (non-hydrogen) atoms. The van der Waals surface area contributed by atoms with E-state index < -0.39 is 23.6 Å². The highest BCUT2D eigenvalue weighted by atomic mass is 32.1. The summed E-state index contributed by atoms with van der Waals surface area (Å²) in [6.07, 6.45) is 0.800. The van der Waals surface area contributed by atoms with Crippen LogP contribution in [-0.2, 0) is 9.53 Å². The maximum Gasteiger partial charge on any atom is 0.338 e. The summed E-state index contributed by atoms with van der Waals surface area (Å²) in [5.41, 5.74) is 0.480. The second kappa shape index (κ2) is 7.70. The Kier molecular flexibility index (Phi) is 5.88. The quantitative estimate of drug-likeness (QED) is 0.648. The number of rotatable bonds is 5. The first kappa shape index (κ1) is 18.3. The summed E-state index contributed by atoms with van der Waals surface area (Å²) in [7, 11) is 0. The van der Waals surface area contributed by atoms with E-state index in [1.807, 2.05) is 6.92 Å². The second-order valence-corrected chi connectivity index (χ2v) is 5.78. The highest BCUT2D eigenvalue weighted by Crippen LogP contribution is 2.34. The molecule has 1 aliphatic heterocycles. The molecule has 4 nitrogen and oxygen atoms in total. The van der Waals surface area contributed by atoms with E-state index in [2.05, 4.69) is 5.32 Å². The molecule has 1 N–H and O–H groups in total. The van der Waals surface area contributed by atoms with Gasteiger partial charge in [-0.2, -0.15) is 0 Å². The van der Waals surface area contributed by atoms with Gasteiger partial charge in [0.2, 0.25) is 0 Å². The number of benzene rings is 1. The minimum Gasteiger partial charge on any atom is -0.463 e. The molecule has 0 amide bonds. The summed E-state index contributed by atoms with van der Waals surface area (Å²) < 4.78 is 33.6. The third kappa shape index (κ3) is 3.40. The summed E-state index contributed by atoms with van der Waals surface area (Å²) in [5, 5.41) is 3.22. The number of carbonyl (C=O) groups excluding carboxylic acids is 1. The Bertz CT molecular complexity index is 671. The van der Waals surface area contributed by atoms with E-state index in [1.165, 1.54) is 6.07 Å². The number of thiocarbonyl (C=S) groups is 1. The molecule has 0 radical (unpaired) electrons. The van der Waals surface area contributed by atoms with Crippen LogP contribution >= 0.6 is 12.2 Å². The van der Waals surface area contributed by atoms with Crippen molar-refractivity contribution >= 4 is 23.3 Å². The van der Waals surface area contributed by atoms with Crippen molar-refractivity contribution in [3.63, 3.8) is 0 Å². The van der Waals surface area contributed by atoms with Crippen LogP contribution in [0.4, 0.5) is 8.78 Å². The van der Waals surface area contributed by atoms with Crippen molar-refractivity contribution in [3.05, 3.63) is 46.7 Å². The summed E-state index contributed by atoms with van der Waals surface area (Å²) in [5.74, 6) is -2.10. The molecule has 0 aliphatic carbocycles.